The van der Waals surface area contributed by atoms with Crippen LogP contribution in [0.15, 0.2) is 18.2 Å². The monoisotopic (exact) mass is 354 g/mol. The van der Waals surface area contributed by atoms with E-state index in [0.717, 1.165) is 30.2 Å². The fraction of sp³-hybridized carbons (Fsp3) is 0.611. The van der Waals surface area contributed by atoms with Crippen LogP contribution in [0.1, 0.15) is 31.7 Å². The summed E-state index contributed by atoms with van der Waals surface area (Å²) in [6.07, 6.45) is 2.96. The lowest BCUT2D eigenvalue weighted by Gasteiger charge is -2.27. The first-order valence-electron chi connectivity index (χ1n) is 8.58. The minimum Gasteiger partial charge on any atom is -0.486 e. The third kappa shape index (κ3) is 5.02. The van der Waals surface area contributed by atoms with Crippen molar-refractivity contribution in [2.45, 2.75) is 32.7 Å². The van der Waals surface area contributed by atoms with E-state index in [1.165, 1.54) is 12.8 Å². The second kappa shape index (κ2) is 9.14. The number of carbonyl (C=O) groups excluding carboxylic acids is 1. The van der Waals surface area contributed by atoms with E-state index in [2.05, 4.69) is 17.6 Å². The first-order chi connectivity index (χ1) is 11.2. The molecule has 1 amide bonds. The molecule has 1 unspecified atom stereocenters. The molecule has 0 aromatic heterocycles. The molecule has 0 bridgehead atoms. The van der Waals surface area contributed by atoms with Crippen molar-refractivity contribution < 1.29 is 14.3 Å². The Kier molecular flexibility index (Phi) is 7.18. The number of benzene rings is 1. The van der Waals surface area contributed by atoms with Crippen molar-refractivity contribution in [2.75, 3.05) is 26.3 Å². The van der Waals surface area contributed by atoms with Crippen molar-refractivity contribution in [2.24, 2.45) is 11.8 Å². The molecule has 2 N–H and O–H groups in total. The predicted octanol–water partition coefficient (Wildman–Crippen LogP) is 2.52. The third-order valence-electron chi connectivity index (χ3n) is 4.79. The Balaban J connectivity index is 0.00000208. The van der Waals surface area contributed by atoms with Crippen molar-refractivity contribution >= 4 is 18.3 Å². The molecule has 2 aliphatic rings. The second-order valence-electron chi connectivity index (χ2n) is 6.52. The number of piperidine rings is 1. The van der Waals surface area contributed by atoms with Crippen LogP contribution in [-0.4, -0.2) is 32.2 Å². The fourth-order valence-electron chi connectivity index (χ4n) is 3.34. The highest BCUT2D eigenvalue weighted by Gasteiger charge is 2.22. The molecule has 0 radical (unpaired) electrons. The van der Waals surface area contributed by atoms with Gasteiger partial charge in [0.25, 0.3) is 0 Å². The van der Waals surface area contributed by atoms with Gasteiger partial charge in [0.1, 0.15) is 13.2 Å². The Morgan fingerprint density at radius 1 is 1.25 bits per heavy atom. The van der Waals surface area contributed by atoms with Crippen LogP contribution in [0.4, 0.5) is 0 Å². The van der Waals surface area contributed by atoms with Gasteiger partial charge in [0.15, 0.2) is 11.5 Å². The molecule has 5 nitrogen and oxygen atoms in total. The number of amides is 1. The third-order valence-corrected chi connectivity index (χ3v) is 4.79. The van der Waals surface area contributed by atoms with Gasteiger partial charge in [0.2, 0.25) is 5.91 Å². The summed E-state index contributed by atoms with van der Waals surface area (Å²) >= 11 is 0. The van der Waals surface area contributed by atoms with Gasteiger partial charge in [-0.15, -0.1) is 12.4 Å². The molecule has 2 aliphatic heterocycles. The quantitative estimate of drug-likeness (QED) is 0.853. The molecule has 1 aromatic rings. The Morgan fingerprint density at radius 3 is 2.71 bits per heavy atom. The molecule has 0 saturated carbocycles. The topological polar surface area (TPSA) is 59.6 Å². The number of carbonyl (C=O) groups is 1. The Morgan fingerprint density at radius 2 is 1.96 bits per heavy atom. The lowest BCUT2D eigenvalue weighted by atomic mass is 9.84. The van der Waals surface area contributed by atoms with E-state index in [1.807, 2.05) is 18.2 Å². The van der Waals surface area contributed by atoms with Crippen molar-refractivity contribution in [3.63, 3.8) is 0 Å². The Labute approximate surface area is 149 Å². The summed E-state index contributed by atoms with van der Waals surface area (Å²) in [4.78, 5) is 12.2. The van der Waals surface area contributed by atoms with Crippen LogP contribution < -0.4 is 20.1 Å². The van der Waals surface area contributed by atoms with E-state index in [0.29, 0.717) is 38.0 Å². The SMILES string of the molecule is CC(CC(=O)NCc1ccc2c(c1)OCCO2)C1CCNCC1.Cl. The van der Waals surface area contributed by atoms with Gasteiger partial charge in [-0.1, -0.05) is 13.0 Å². The van der Waals surface area contributed by atoms with Crippen LogP contribution >= 0.6 is 12.4 Å². The smallest absolute Gasteiger partial charge is 0.220 e. The van der Waals surface area contributed by atoms with Gasteiger partial charge in [0.05, 0.1) is 0 Å². The van der Waals surface area contributed by atoms with Gasteiger partial charge < -0.3 is 20.1 Å². The van der Waals surface area contributed by atoms with E-state index in [-0.39, 0.29) is 18.3 Å². The maximum Gasteiger partial charge on any atom is 0.220 e. The van der Waals surface area contributed by atoms with Crippen LogP contribution in [0.2, 0.25) is 0 Å². The van der Waals surface area contributed by atoms with Crippen molar-refractivity contribution in [1.29, 1.82) is 0 Å². The number of halogens is 1. The maximum absolute atomic E-state index is 12.2. The Bertz CT molecular complexity index is 547. The number of hydrogen-bond acceptors (Lipinski definition) is 4. The highest BCUT2D eigenvalue weighted by molar-refractivity contribution is 5.85. The molecule has 2 heterocycles. The van der Waals surface area contributed by atoms with Gasteiger partial charge >= 0.3 is 0 Å². The number of rotatable bonds is 5. The maximum atomic E-state index is 12.2. The standard InChI is InChI=1S/C18H26N2O3.ClH/c1-13(15-4-6-19-7-5-15)10-18(21)20-12-14-2-3-16-17(11-14)23-9-8-22-16;/h2-3,11,13,15,19H,4-10,12H2,1H3,(H,20,21);1H. The first kappa shape index (κ1) is 18.9. The molecule has 0 spiro atoms. The highest BCUT2D eigenvalue weighted by atomic mass is 35.5. The van der Waals surface area contributed by atoms with E-state index in [4.69, 9.17) is 9.47 Å². The molecule has 0 aliphatic carbocycles. The lowest BCUT2D eigenvalue weighted by Crippen LogP contribution is -2.33. The van der Waals surface area contributed by atoms with Crippen LogP contribution in [0.25, 0.3) is 0 Å². The van der Waals surface area contributed by atoms with Crippen LogP contribution in [0, 0.1) is 11.8 Å². The summed E-state index contributed by atoms with van der Waals surface area (Å²) in [7, 11) is 0. The van der Waals surface area contributed by atoms with E-state index >= 15 is 0 Å². The molecular weight excluding hydrogens is 328 g/mol. The van der Waals surface area contributed by atoms with Crippen LogP contribution in [0.3, 0.4) is 0 Å². The number of ether oxygens (including phenoxy) is 2. The zero-order valence-electron chi connectivity index (χ0n) is 14.2. The number of nitrogens with one attached hydrogen (secondary N) is 2. The van der Waals surface area contributed by atoms with Crippen molar-refractivity contribution in [3.05, 3.63) is 23.8 Å². The summed E-state index contributed by atoms with van der Waals surface area (Å²) < 4.78 is 11.1. The predicted molar refractivity (Wildman–Crippen MR) is 95.9 cm³/mol. The highest BCUT2D eigenvalue weighted by Crippen LogP contribution is 2.30. The normalized spacial score (nSPS) is 18.4. The van der Waals surface area contributed by atoms with Gasteiger partial charge in [0, 0.05) is 13.0 Å². The zero-order valence-corrected chi connectivity index (χ0v) is 15.0. The zero-order chi connectivity index (χ0) is 16.1. The van der Waals surface area contributed by atoms with Crippen LogP contribution in [0.5, 0.6) is 11.5 Å². The molecule has 1 aromatic carbocycles. The fourth-order valence-corrected chi connectivity index (χ4v) is 3.34. The minimum atomic E-state index is 0. The molecular formula is C18H27ClN2O3. The van der Waals surface area contributed by atoms with E-state index in [9.17, 15) is 4.79 Å². The molecule has 24 heavy (non-hydrogen) atoms. The average molecular weight is 355 g/mol. The summed E-state index contributed by atoms with van der Waals surface area (Å²) in [5.41, 5.74) is 1.04. The van der Waals surface area contributed by atoms with Gasteiger partial charge in [-0.3, -0.25) is 4.79 Å². The summed E-state index contributed by atoms with van der Waals surface area (Å²) in [6.45, 7) is 6.06. The minimum absolute atomic E-state index is 0. The average Bonchev–Trinajstić information content (AvgIpc) is 2.60. The Hall–Kier alpha value is -1.46. The van der Waals surface area contributed by atoms with Gasteiger partial charge in [-0.2, -0.15) is 0 Å². The molecule has 134 valence electrons. The number of hydrogen-bond donors (Lipinski definition) is 2. The van der Waals surface area contributed by atoms with Crippen molar-refractivity contribution in [3.8, 4) is 11.5 Å². The molecule has 1 fully saturated rings. The summed E-state index contributed by atoms with van der Waals surface area (Å²) in [6, 6.07) is 5.84. The molecule has 1 atom stereocenters. The van der Waals surface area contributed by atoms with Gasteiger partial charge in [-0.25, -0.2) is 0 Å². The molecule has 3 rings (SSSR count). The lowest BCUT2D eigenvalue weighted by molar-refractivity contribution is -0.122. The largest absolute Gasteiger partial charge is 0.486 e. The van der Waals surface area contributed by atoms with Crippen molar-refractivity contribution in [1.82, 2.24) is 10.6 Å². The second-order valence-corrected chi connectivity index (χ2v) is 6.52. The van der Waals surface area contributed by atoms with E-state index < -0.39 is 0 Å². The summed E-state index contributed by atoms with van der Waals surface area (Å²) in [5, 5.41) is 6.40. The van der Waals surface area contributed by atoms with Crippen LogP contribution in [-0.2, 0) is 11.3 Å². The summed E-state index contributed by atoms with van der Waals surface area (Å²) in [5.74, 6) is 2.79. The van der Waals surface area contributed by atoms with Gasteiger partial charge in [-0.05, 0) is 55.5 Å². The first-order valence-corrected chi connectivity index (χ1v) is 8.58. The molecule has 1 saturated heterocycles. The van der Waals surface area contributed by atoms with E-state index in [1.54, 1.807) is 0 Å². The number of fused-ring (bicyclic) bond motifs is 1. The molecule has 6 heteroatoms.